The van der Waals surface area contributed by atoms with Crippen LogP contribution >= 0.6 is 0 Å². The van der Waals surface area contributed by atoms with Crippen molar-refractivity contribution < 1.29 is 15.0 Å². The Kier molecular flexibility index (Phi) is 4.43. The third kappa shape index (κ3) is 2.63. The van der Waals surface area contributed by atoms with Crippen LogP contribution < -0.4 is 11.1 Å². The number of phenolic OH excluding ortho intramolecular Hbond substituents is 1. The number of carbonyl (C=O) groups is 1. The van der Waals surface area contributed by atoms with Gasteiger partial charge in [-0.3, -0.25) is 4.98 Å². The van der Waals surface area contributed by atoms with Gasteiger partial charge in [-0.25, -0.2) is 4.79 Å². The van der Waals surface area contributed by atoms with Crippen LogP contribution in [0.3, 0.4) is 0 Å². The highest BCUT2D eigenvalue weighted by Gasteiger charge is 2.25. The quantitative estimate of drug-likeness (QED) is 0.563. The Morgan fingerprint density at radius 1 is 1.44 bits per heavy atom. The predicted octanol–water partition coefficient (Wildman–Crippen LogP) is 1.82. The largest absolute Gasteiger partial charge is 0.507 e. The second-order valence-electron chi connectivity index (χ2n) is 5.81. The highest BCUT2D eigenvalue weighted by molar-refractivity contribution is 6.08. The van der Waals surface area contributed by atoms with Crippen molar-refractivity contribution in [3.8, 4) is 16.9 Å². The van der Waals surface area contributed by atoms with Crippen LogP contribution in [0, 0.1) is 0 Å². The van der Waals surface area contributed by atoms with Crippen LogP contribution in [0.2, 0.25) is 0 Å². The molecule has 2 aromatic heterocycles. The van der Waals surface area contributed by atoms with Crippen LogP contribution in [-0.2, 0) is 20.1 Å². The third-order valence-electron chi connectivity index (χ3n) is 4.42. The molecule has 0 bridgehead atoms. The highest BCUT2D eigenvalue weighted by atomic mass is 16.4. The number of nitrogens with two attached hydrogens (primary N) is 1. The number of aromatic nitrogens is 2. The molecule has 0 saturated carbocycles. The number of hydrogen-bond donors (Lipinski definition) is 4. The summed E-state index contributed by atoms with van der Waals surface area (Å²) < 4.78 is 1.78. The minimum absolute atomic E-state index is 0.0477. The van der Waals surface area contributed by atoms with E-state index in [-0.39, 0.29) is 17.9 Å². The molecular weight excluding hydrogens is 320 g/mol. The molecule has 0 radical (unpaired) electrons. The minimum Gasteiger partial charge on any atom is -0.507 e. The summed E-state index contributed by atoms with van der Waals surface area (Å²) in [5.41, 5.74) is 9.05. The van der Waals surface area contributed by atoms with Gasteiger partial charge in [-0.1, -0.05) is 6.07 Å². The van der Waals surface area contributed by atoms with Gasteiger partial charge in [0.25, 0.3) is 0 Å². The lowest BCUT2D eigenvalue weighted by atomic mass is 9.97. The van der Waals surface area contributed by atoms with Gasteiger partial charge in [-0.05, 0) is 19.2 Å². The number of rotatable bonds is 5. The number of carboxylic acids is 1. The number of aromatic hydroxyl groups is 1. The van der Waals surface area contributed by atoms with Gasteiger partial charge in [-0.2, -0.15) is 0 Å². The van der Waals surface area contributed by atoms with Gasteiger partial charge in [-0.15, -0.1) is 0 Å². The normalized spacial score (nSPS) is 11.2. The average molecular weight is 340 g/mol. The molecule has 0 aliphatic carbocycles. The van der Waals surface area contributed by atoms with E-state index in [9.17, 15) is 15.0 Å². The monoisotopic (exact) mass is 340 g/mol. The number of carboxylic acid groups (broad SMARTS) is 1. The van der Waals surface area contributed by atoms with E-state index < -0.39 is 5.97 Å². The van der Waals surface area contributed by atoms with Crippen molar-refractivity contribution in [2.75, 3.05) is 7.05 Å². The van der Waals surface area contributed by atoms with Gasteiger partial charge < -0.3 is 25.8 Å². The number of fused-ring (bicyclic) bond motifs is 1. The van der Waals surface area contributed by atoms with Crippen LogP contribution in [0.4, 0.5) is 0 Å². The van der Waals surface area contributed by atoms with Crippen molar-refractivity contribution in [2.24, 2.45) is 12.8 Å². The molecule has 3 rings (SSSR count). The van der Waals surface area contributed by atoms with E-state index in [1.165, 1.54) is 0 Å². The van der Waals surface area contributed by atoms with Crippen molar-refractivity contribution in [3.63, 3.8) is 0 Å². The molecule has 7 nitrogen and oxygen atoms in total. The maximum absolute atomic E-state index is 11.8. The first kappa shape index (κ1) is 16.9. The summed E-state index contributed by atoms with van der Waals surface area (Å²) in [4.78, 5) is 15.9. The zero-order valence-corrected chi connectivity index (χ0v) is 14.1. The van der Waals surface area contributed by atoms with Crippen molar-refractivity contribution in [2.45, 2.75) is 13.1 Å². The zero-order chi connectivity index (χ0) is 18.1. The van der Waals surface area contributed by atoms with E-state index in [1.807, 2.05) is 6.07 Å². The smallest absolute Gasteiger partial charge is 0.338 e. The number of nitrogens with one attached hydrogen (secondary N) is 1. The standard InChI is InChI=1S/C18H20N4O3/c1-20-9-12-15-13(22(2)14(7-19)16(15)18(24)25)6-11(17(12)23)10-4-3-5-21-8-10/h3-6,8,20,23H,7,9,19H2,1-2H3,(H,24,25). The fourth-order valence-corrected chi connectivity index (χ4v) is 3.27. The number of hydrogen-bond acceptors (Lipinski definition) is 5. The lowest BCUT2D eigenvalue weighted by Crippen LogP contribution is -2.10. The average Bonchev–Trinajstić information content (AvgIpc) is 2.90. The summed E-state index contributed by atoms with van der Waals surface area (Å²) in [5.74, 6) is -1.01. The van der Waals surface area contributed by atoms with Crippen molar-refractivity contribution >= 4 is 16.9 Å². The van der Waals surface area contributed by atoms with Crippen LogP contribution in [-0.4, -0.2) is 32.8 Å². The minimum atomic E-state index is -1.06. The molecule has 3 aromatic rings. The van der Waals surface area contributed by atoms with Gasteiger partial charge in [0.05, 0.1) is 11.1 Å². The van der Waals surface area contributed by atoms with Crippen LogP contribution in [0.1, 0.15) is 21.6 Å². The fraction of sp³-hybridized carbons (Fsp3) is 0.222. The van der Waals surface area contributed by atoms with Crippen LogP contribution in [0.5, 0.6) is 5.75 Å². The van der Waals surface area contributed by atoms with E-state index in [0.717, 1.165) is 5.56 Å². The molecule has 0 aliphatic rings. The van der Waals surface area contributed by atoms with E-state index in [1.54, 1.807) is 43.2 Å². The lowest BCUT2D eigenvalue weighted by Gasteiger charge is -2.13. The molecule has 0 amide bonds. The number of benzene rings is 1. The summed E-state index contributed by atoms with van der Waals surface area (Å²) in [5, 5.41) is 24.1. The molecule has 7 heteroatoms. The first-order valence-corrected chi connectivity index (χ1v) is 7.85. The van der Waals surface area contributed by atoms with Crippen molar-refractivity contribution in [1.82, 2.24) is 14.9 Å². The first-order valence-electron chi connectivity index (χ1n) is 7.85. The van der Waals surface area contributed by atoms with E-state index in [4.69, 9.17) is 5.73 Å². The molecule has 2 heterocycles. The Bertz CT molecular complexity index is 948. The van der Waals surface area contributed by atoms with Gasteiger partial charge in [0, 0.05) is 60.3 Å². The molecule has 1 aromatic carbocycles. The van der Waals surface area contributed by atoms with Crippen LogP contribution in [0.15, 0.2) is 30.6 Å². The summed E-state index contributed by atoms with van der Waals surface area (Å²) in [6.45, 7) is 0.416. The van der Waals surface area contributed by atoms with E-state index in [0.29, 0.717) is 34.3 Å². The Balaban J connectivity index is 2.47. The molecule has 0 saturated heterocycles. The SMILES string of the molecule is CNCc1c(O)c(-c2cccnc2)cc2c1c(C(=O)O)c(CN)n2C. The summed E-state index contributed by atoms with van der Waals surface area (Å²) in [7, 11) is 3.53. The molecule has 0 atom stereocenters. The zero-order valence-electron chi connectivity index (χ0n) is 14.1. The van der Waals surface area contributed by atoms with Crippen molar-refractivity contribution in [3.05, 3.63) is 47.4 Å². The van der Waals surface area contributed by atoms with Crippen LogP contribution in [0.25, 0.3) is 22.0 Å². The van der Waals surface area contributed by atoms with Crippen molar-refractivity contribution in [1.29, 1.82) is 0 Å². The molecule has 0 unspecified atom stereocenters. The Morgan fingerprint density at radius 2 is 2.20 bits per heavy atom. The van der Waals surface area contributed by atoms with Gasteiger partial charge >= 0.3 is 5.97 Å². The van der Waals surface area contributed by atoms with Gasteiger partial charge in [0.2, 0.25) is 0 Å². The Hall–Kier alpha value is -2.90. The number of aromatic carboxylic acids is 1. The first-order chi connectivity index (χ1) is 12.0. The number of phenols is 1. The number of pyridine rings is 1. The molecule has 5 N–H and O–H groups in total. The molecular formula is C18H20N4O3. The topological polar surface area (TPSA) is 113 Å². The predicted molar refractivity (Wildman–Crippen MR) is 95.4 cm³/mol. The maximum Gasteiger partial charge on any atom is 0.338 e. The third-order valence-corrected chi connectivity index (χ3v) is 4.42. The second kappa shape index (κ2) is 6.54. The summed E-state index contributed by atoms with van der Waals surface area (Å²) >= 11 is 0. The van der Waals surface area contributed by atoms with Gasteiger partial charge in [0.15, 0.2) is 0 Å². The molecule has 0 aliphatic heterocycles. The number of nitrogens with zero attached hydrogens (tertiary/aromatic N) is 2. The Labute approximate surface area is 144 Å². The molecule has 0 spiro atoms. The molecule has 130 valence electrons. The maximum atomic E-state index is 11.8. The Morgan fingerprint density at radius 3 is 2.76 bits per heavy atom. The van der Waals surface area contributed by atoms with Gasteiger partial charge in [0.1, 0.15) is 5.75 Å². The fourth-order valence-electron chi connectivity index (χ4n) is 3.27. The summed E-state index contributed by atoms with van der Waals surface area (Å²) in [6, 6.07) is 5.42. The van der Waals surface area contributed by atoms with E-state index in [2.05, 4.69) is 10.3 Å². The molecule has 0 fully saturated rings. The highest BCUT2D eigenvalue weighted by Crippen LogP contribution is 2.40. The summed E-state index contributed by atoms with van der Waals surface area (Å²) in [6.07, 6.45) is 3.32. The lowest BCUT2D eigenvalue weighted by molar-refractivity contribution is 0.0697. The number of aryl methyl sites for hydroxylation is 1. The van der Waals surface area contributed by atoms with E-state index >= 15 is 0 Å². The second-order valence-corrected chi connectivity index (χ2v) is 5.81. The molecule has 25 heavy (non-hydrogen) atoms.